The lowest BCUT2D eigenvalue weighted by atomic mass is 11.1. The van der Waals surface area contributed by atoms with Crippen molar-refractivity contribution in [1.82, 2.24) is 5.43 Å². The highest BCUT2D eigenvalue weighted by atomic mass is 35.5. The van der Waals surface area contributed by atoms with Crippen LogP contribution in [0.3, 0.4) is 0 Å². The topological polar surface area (TPSA) is 76.4 Å². The molecule has 0 aromatic rings. The highest BCUT2D eigenvalue weighted by Crippen LogP contribution is 1.42. The Bertz CT molecular complexity index is 56.7. The van der Waals surface area contributed by atoms with Crippen LogP contribution in [0, 0.1) is 0 Å². The summed E-state index contributed by atoms with van der Waals surface area (Å²) in [6.07, 6.45) is 0. The van der Waals surface area contributed by atoms with Gasteiger partial charge in [0.05, 0.1) is 0 Å². The molecule has 0 aromatic carbocycles. The molecule has 0 fully saturated rings. The predicted molar refractivity (Wildman–Crippen MR) is 32.1 cm³/mol. The van der Waals surface area contributed by atoms with Gasteiger partial charge in [-0.05, 0) is 0 Å². The van der Waals surface area contributed by atoms with Crippen molar-refractivity contribution in [1.29, 1.82) is 0 Å². The molecule has 5 heteroatoms. The zero-order chi connectivity index (χ0) is 4.99. The molecule has 44 valence electrons. The van der Waals surface area contributed by atoms with Crippen molar-refractivity contribution >= 4 is 18.4 Å². The number of rotatable bonds is 1. The molecule has 0 saturated carbocycles. The average Bonchev–Trinajstić information content (AvgIpc) is 1.35. The highest BCUT2D eigenvalue weighted by molar-refractivity contribution is 5.85. The first kappa shape index (κ1) is 9.61. The van der Waals surface area contributed by atoms with Crippen molar-refractivity contribution in [3.05, 3.63) is 0 Å². The molecule has 0 unspecified atom stereocenters. The number of hydrazone groups is 1. The molecule has 0 atom stereocenters. The van der Waals surface area contributed by atoms with Gasteiger partial charge in [0.25, 0.3) is 0 Å². The predicted octanol–water partition coefficient (Wildman–Crippen LogP) is -1.18. The van der Waals surface area contributed by atoms with E-state index in [0.717, 1.165) is 0 Å². The molecule has 0 rings (SSSR count). The van der Waals surface area contributed by atoms with Crippen LogP contribution >= 0.6 is 12.4 Å². The zero-order valence-electron chi connectivity index (χ0n) is 4.01. The van der Waals surface area contributed by atoms with E-state index in [-0.39, 0.29) is 18.4 Å². The Kier molecular flexibility index (Phi) is 7.36. The lowest BCUT2D eigenvalue weighted by Crippen LogP contribution is -2.25. The fourth-order valence-electron chi connectivity index (χ4n) is 0.129. The maximum atomic E-state index is 4.87. The number of nitrogens with two attached hydrogens (primary N) is 2. The van der Waals surface area contributed by atoms with E-state index in [9.17, 15) is 0 Å². The summed E-state index contributed by atoms with van der Waals surface area (Å²) in [5.41, 5.74) is 12.1. The Balaban J connectivity index is 0. The summed E-state index contributed by atoms with van der Waals surface area (Å²) in [5, 5.41) is 3.35. The average molecular weight is 125 g/mol. The third-order valence-electron chi connectivity index (χ3n) is 0.241. The first-order valence-corrected chi connectivity index (χ1v) is 1.52. The van der Waals surface area contributed by atoms with Crippen LogP contribution in [-0.2, 0) is 0 Å². The van der Waals surface area contributed by atoms with Crippen LogP contribution in [-0.4, -0.2) is 13.0 Å². The third-order valence-corrected chi connectivity index (χ3v) is 0.241. The molecule has 0 radical (unpaired) electrons. The maximum Gasteiger partial charge on any atom is 0.208 e. The molecule has 4 nitrogen and oxygen atoms in total. The summed E-state index contributed by atoms with van der Waals surface area (Å²) < 4.78 is 0. The van der Waals surface area contributed by atoms with Crippen LogP contribution in [0.4, 0.5) is 0 Å². The summed E-state index contributed by atoms with van der Waals surface area (Å²) in [7, 11) is 1.62. The zero-order valence-corrected chi connectivity index (χ0v) is 4.83. The maximum absolute atomic E-state index is 4.87. The highest BCUT2D eigenvalue weighted by Gasteiger charge is 1.66. The summed E-state index contributed by atoms with van der Waals surface area (Å²) in [4.78, 5) is 0. The second kappa shape index (κ2) is 5.36. The normalized spacial score (nSPS) is 5.86. The number of halogens is 1. The van der Waals surface area contributed by atoms with E-state index >= 15 is 0 Å². The fourth-order valence-corrected chi connectivity index (χ4v) is 0.129. The van der Waals surface area contributed by atoms with Gasteiger partial charge in [0.2, 0.25) is 5.96 Å². The van der Waals surface area contributed by atoms with Crippen molar-refractivity contribution in [2.75, 3.05) is 7.05 Å². The SMILES string of the molecule is CNN=C(N)N.Cl. The molecule has 0 spiro atoms. The monoisotopic (exact) mass is 124 g/mol. The van der Waals surface area contributed by atoms with Gasteiger partial charge in [0, 0.05) is 7.05 Å². The second-order valence-electron chi connectivity index (χ2n) is 0.760. The number of hydrogen-bond acceptors (Lipinski definition) is 2. The van der Waals surface area contributed by atoms with Gasteiger partial charge in [-0.25, -0.2) is 0 Å². The number of guanidine groups is 1. The molecule has 0 bridgehead atoms. The Labute approximate surface area is 48.4 Å². The van der Waals surface area contributed by atoms with E-state index in [1.54, 1.807) is 7.05 Å². The lowest BCUT2D eigenvalue weighted by molar-refractivity contribution is 0.893. The molecule has 5 N–H and O–H groups in total. The van der Waals surface area contributed by atoms with Crippen LogP contribution in [0.25, 0.3) is 0 Å². The minimum absolute atomic E-state index is 0. The van der Waals surface area contributed by atoms with Crippen LogP contribution in [0.1, 0.15) is 0 Å². The molecule has 7 heavy (non-hydrogen) atoms. The first-order chi connectivity index (χ1) is 2.77. The molecule has 0 aliphatic heterocycles. The standard InChI is InChI=1S/C2H8N4.ClH/c1-5-6-2(3)4;/h5H,1H3,(H4,3,4,6);1H. The Hall–Kier alpha value is -0.640. The molecule has 0 amide bonds. The van der Waals surface area contributed by atoms with Gasteiger partial charge in [-0.3, -0.25) is 0 Å². The van der Waals surface area contributed by atoms with Gasteiger partial charge in [-0.1, -0.05) is 0 Å². The Morgan fingerprint density at radius 1 is 1.57 bits per heavy atom. The summed E-state index contributed by atoms with van der Waals surface area (Å²) in [5.74, 6) is 0.0532. The van der Waals surface area contributed by atoms with Gasteiger partial charge in [-0.15, -0.1) is 17.5 Å². The first-order valence-electron chi connectivity index (χ1n) is 1.52. The van der Waals surface area contributed by atoms with Gasteiger partial charge >= 0.3 is 0 Å². The summed E-state index contributed by atoms with van der Waals surface area (Å²) in [6.45, 7) is 0. The lowest BCUT2D eigenvalue weighted by Gasteiger charge is -1.85. The number of nitrogens with zero attached hydrogens (tertiary/aromatic N) is 1. The van der Waals surface area contributed by atoms with Crippen molar-refractivity contribution in [3.63, 3.8) is 0 Å². The van der Waals surface area contributed by atoms with Gasteiger partial charge < -0.3 is 16.9 Å². The largest absolute Gasteiger partial charge is 0.369 e. The summed E-state index contributed by atoms with van der Waals surface area (Å²) >= 11 is 0. The molecular formula is C2H9ClN4. The molecule has 0 heterocycles. The van der Waals surface area contributed by atoms with Crippen molar-refractivity contribution < 1.29 is 0 Å². The van der Waals surface area contributed by atoms with E-state index in [2.05, 4.69) is 10.5 Å². The minimum Gasteiger partial charge on any atom is -0.369 e. The Morgan fingerprint density at radius 3 is 2.00 bits per heavy atom. The van der Waals surface area contributed by atoms with Crippen molar-refractivity contribution in [2.45, 2.75) is 0 Å². The molecule has 0 aliphatic rings. The van der Waals surface area contributed by atoms with E-state index in [1.807, 2.05) is 0 Å². The quantitative estimate of drug-likeness (QED) is 0.234. The van der Waals surface area contributed by atoms with E-state index in [0.29, 0.717) is 0 Å². The fraction of sp³-hybridized carbons (Fsp3) is 0.500. The van der Waals surface area contributed by atoms with Crippen LogP contribution in [0.15, 0.2) is 5.10 Å². The Morgan fingerprint density at radius 2 is 2.00 bits per heavy atom. The van der Waals surface area contributed by atoms with Crippen molar-refractivity contribution in [3.8, 4) is 0 Å². The second-order valence-corrected chi connectivity index (χ2v) is 0.760. The van der Waals surface area contributed by atoms with Crippen LogP contribution in [0.5, 0.6) is 0 Å². The molecule has 0 aliphatic carbocycles. The molecule has 0 saturated heterocycles. The number of hydrogen-bond donors (Lipinski definition) is 3. The van der Waals surface area contributed by atoms with Crippen LogP contribution in [0.2, 0.25) is 0 Å². The molecule has 0 aromatic heterocycles. The van der Waals surface area contributed by atoms with Gasteiger partial charge in [0.15, 0.2) is 0 Å². The minimum atomic E-state index is 0. The molecular weight excluding hydrogens is 116 g/mol. The summed E-state index contributed by atoms with van der Waals surface area (Å²) in [6, 6.07) is 0. The van der Waals surface area contributed by atoms with Crippen LogP contribution < -0.4 is 16.9 Å². The number of nitrogens with one attached hydrogen (secondary N) is 1. The van der Waals surface area contributed by atoms with Gasteiger partial charge in [0.1, 0.15) is 0 Å². The smallest absolute Gasteiger partial charge is 0.208 e. The third kappa shape index (κ3) is 10.9. The van der Waals surface area contributed by atoms with E-state index < -0.39 is 0 Å². The van der Waals surface area contributed by atoms with E-state index in [4.69, 9.17) is 11.5 Å². The van der Waals surface area contributed by atoms with E-state index in [1.165, 1.54) is 0 Å². The van der Waals surface area contributed by atoms with Gasteiger partial charge in [-0.2, -0.15) is 0 Å². The van der Waals surface area contributed by atoms with Crippen molar-refractivity contribution in [2.24, 2.45) is 16.6 Å².